The summed E-state index contributed by atoms with van der Waals surface area (Å²) < 4.78 is 5.39. The smallest absolute Gasteiger partial charge is 0.251 e. The number of carbonyl (C=O) groups is 1. The van der Waals surface area contributed by atoms with Gasteiger partial charge in [-0.2, -0.15) is 0 Å². The highest BCUT2D eigenvalue weighted by molar-refractivity contribution is 7.99. The summed E-state index contributed by atoms with van der Waals surface area (Å²) in [6, 6.07) is 16.4. The van der Waals surface area contributed by atoms with E-state index in [0.29, 0.717) is 11.6 Å². The van der Waals surface area contributed by atoms with Crippen LogP contribution in [0.2, 0.25) is 0 Å². The van der Waals surface area contributed by atoms with Crippen molar-refractivity contribution in [3.8, 4) is 5.75 Å². The van der Waals surface area contributed by atoms with Crippen LogP contribution in [0.3, 0.4) is 0 Å². The highest BCUT2D eigenvalue weighted by Gasteiger charge is 2.39. The Morgan fingerprint density at radius 3 is 2.64 bits per heavy atom. The van der Waals surface area contributed by atoms with Gasteiger partial charge >= 0.3 is 0 Å². The zero-order valence-corrected chi connectivity index (χ0v) is 15.0. The van der Waals surface area contributed by atoms with E-state index in [0.717, 1.165) is 34.4 Å². The van der Waals surface area contributed by atoms with Crippen molar-refractivity contribution in [3.63, 3.8) is 0 Å². The number of hydrogen-bond acceptors (Lipinski definition) is 4. The molecule has 2 aromatic rings. The average molecular weight is 354 g/mol. The van der Waals surface area contributed by atoms with Gasteiger partial charge in [-0.3, -0.25) is 4.79 Å². The van der Waals surface area contributed by atoms with E-state index in [1.807, 2.05) is 48.5 Å². The van der Waals surface area contributed by atoms with E-state index in [9.17, 15) is 4.79 Å². The molecule has 2 fully saturated rings. The van der Waals surface area contributed by atoms with Crippen LogP contribution < -0.4 is 15.4 Å². The van der Waals surface area contributed by atoms with Gasteiger partial charge in [0.25, 0.3) is 5.91 Å². The first-order valence-electron chi connectivity index (χ1n) is 8.68. The molecule has 1 aliphatic carbocycles. The molecule has 25 heavy (non-hydrogen) atoms. The lowest BCUT2D eigenvalue weighted by atomic mass is 10.1. The molecular formula is C20H22N2O2S. The van der Waals surface area contributed by atoms with Crippen molar-refractivity contribution < 1.29 is 9.53 Å². The number of hydrogen-bond donors (Lipinski definition) is 2. The van der Waals surface area contributed by atoms with Gasteiger partial charge in [-0.1, -0.05) is 23.9 Å². The maximum atomic E-state index is 12.5. The third-order valence-corrected chi connectivity index (χ3v) is 6.12. The maximum Gasteiger partial charge on any atom is 0.251 e. The molecule has 5 heteroatoms. The van der Waals surface area contributed by atoms with Crippen LogP contribution in [0, 0.1) is 5.92 Å². The number of methoxy groups -OCH3 is 1. The highest BCUT2D eigenvalue weighted by Crippen LogP contribution is 2.35. The van der Waals surface area contributed by atoms with Crippen LogP contribution in [0.4, 0.5) is 0 Å². The van der Waals surface area contributed by atoms with E-state index in [2.05, 4.69) is 10.6 Å². The standard InChI is InChI=1S/C20H22N2O2S/c1-24-18-4-2-3-5-19(18)25-15-8-6-14(7-9-15)20(23)22-17-11-13-10-16(17)21-12-13/h2-9,13,16-17,21H,10-12H2,1H3,(H,22,23). The fourth-order valence-electron chi connectivity index (χ4n) is 3.77. The minimum Gasteiger partial charge on any atom is -0.496 e. The number of amides is 1. The number of ether oxygens (including phenoxy) is 1. The Labute approximate surface area is 152 Å². The maximum absolute atomic E-state index is 12.5. The van der Waals surface area contributed by atoms with Gasteiger partial charge < -0.3 is 15.4 Å². The van der Waals surface area contributed by atoms with Crippen molar-refractivity contribution in [1.82, 2.24) is 10.6 Å². The van der Waals surface area contributed by atoms with Crippen LogP contribution in [0.25, 0.3) is 0 Å². The quantitative estimate of drug-likeness (QED) is 0.865. The minimum atomic E-state index is 0.0215. The van der Waals surface area contributed by atoms with E-state index in [4.69, 9.17) is 4.74 Å². The number of nitrogens with one attached hydrogen (secondary N) is 2. The number of para-hydroxylation sites is 1. The lowest BCUT2D eigenvalue weighted by molar-refractivity contribution is 0.0928. The summed E-state index contributed by atoms with van der Waals surface area (Å²) in [5.41, 5.74) is 0.715. The number of piperidine rings is 1. The predicted molar refractivity (Wildman–Crippen MR) is 99.3 cm³/mol. The van der Waals surface area contributed by atoms with Crippen LogP contribution in [-0.4, -0.2) is 31.6 Å². The molecule has 1 heterocycles. The summed E-state index contributed by atoms with van der Waals surface area (Å²) in [6.07, 6.45) is 2.30. The number of fused-ring (bicyclic) bond motifs is 2. The summed E-state index contributed by atoms with van der Waals surface area (Å²) in [5.74, 6) is 1.61. The van der Waals surface area contributed by atoms with Crippen molar-refractivity contribution in [2.24, 2.45) is 5.92 Å². The number of benzene rings is 2. The Morgan fingerprint density at radius 1 is 1.16 bits per heavy atom. The van der Waals surface area contributed by atoms with Gasteiger partial charge in [0.1, 0.15) is 5.75 Å². The fourth-order valence-corrected chi connectivity index (χ4v) is 4.69. The van der Waals surface area contributed by atoms with Crippen LogP contribution in [0.1, 0.15) is 23.2 Å². The molecule has 2 aliphatic rings. The van der Waals surface area contributed by atoms with E-state index >= 15 is 0 Å². The Kier molecular flexibility index (Phi) is 4.68. The normalized spacial score (nSPS) is 24.3. The molecule has 4 nitrogen and oxygen atoms in total. The SMILES string of the molecule is COc1ccccc1Sc1ccc(C(=O)NC2CC3CNC2C3)cc1. The van der Waals surface area contributed by atoms with Gasteiger partial charge in [0, 0.05) is 22.5 Å². The van der Waals surface area contributed by atoms with Crippen LogP contribution in [0.15, 0.2) is 58.3 Å². The number of rotatable bonds is 5. The molecule has 0 radical (unpaired) electrons. The second-order valence-electron chi connectivity index (χ2n) is 6.71. The molecule has 2 N–H and O–H groups in total. The summed E-state index contributed by atoms with van der Waals surface area (Å²) in [4.78, 5) is 14.6. The topological polar surface area (TPSA) is 50.4 Å². The van der Waals surface area contributed by atoms with Crippen molar-refractivity contribution >= 4 is 17.7 Å². The first-order valence-corrected chi connectivity index (χ1v) is 9.50. The van der Waals surface area contributed by atoms with Crippen LogP contribution in [0.5, 0.6) is 5.75 Å². The minimum absolute atomic E-state index is 0.0215. The Bertz CT molecular complexity index is 763. The van der Waals surface area contributed by atoms with Crippen LogP contribution in [-0.2, 0) is 0 Å². The molecule has 4 rings (SSSR count). The van der Waals surface area contributed by atoms with E-state index in [1.165, 1.54) is 6.42 Å². The van der Waals surface area contributed by atoms with Crippen molar-refractivity contribution in [1.29, 1.82) is 0 Å². The predicted octanol–water partition coefficient (Wildman–Crippen LogP) is 3.33. The molecule has 3 unspecified atom stereocenters. The van der Waals surface area contributed by atoms with E-state index < -0.39 is 0 Å². The van der Waals surface area contributed by atoms with Crippen molar-refractivity contribution in [2.75, 3.05) is 13.7 Å². The molecule has 0 aromatic heterocycles. The van der Waals surface area contributed by atoms with Gasteiger partial charge in [0.15, 0.2) is 0 Å². The first kappa shape index (κ1) is 16.5. The Balaban J connectivity index is 1.40. The lowest BCUT2D eigenvalue weighted by Gasteiger charge is -2.24. The van der Waals surface area contributed by atoms with Gasteiger partial charge in [-0.15, -0.1) is 0 Å². The van der Waals surface area contributed by atoms with Crippen molar-refractivity contribution in [3.05, 3.63) is 54.1 Å². The van der Waals surface area contributed by atoms with Crippen LogP contribution >= 0.6 is 11.8 Å². The van der Waals surface area contributed by atoms with Crippen molar-refractivity contribution in [2.45, 2.75) is 34.7 Å². The second-order valence-corrected chi connectivity index (χ2v) is 7.82. The van der Waals surface area contributed by atoms with E-state index in [-0.39, 0.29) is 11.9 Å². The molecule has 0 spiro atoms. The largest absolute Gasteiger partial charge is 0.496 e. The van der Waals surface area contributed by atoms with Gasteiger partial charge in [-0.25, -0.2) is 0 Å². The molecule has 2 bridgehead atoms. The van der Waals surface area contributed by atoms with Gasteiger partial charge in [0.05, 0.1) is 12.0 Å². The molecule has 1 saturated heterocycles. The van der Waals surface area contributed by atoms with Gasteiger partial charge in [0.2, 0.25) is 0 Å². The summed E-state index contributed by atoms with van der Waals surface area (Å²) in [7, 11) is 1.68. The Morgan fingerprint density at radius 2 is 1.96 bits per heavy atom. The Hall–Kier alpha value is -1.98. The van der Waals surface area contributed by atoms with E-state index in [1.54, 1.807) is 18.9 Å². The summed E-state index contributed by atoms with van der Waals surface area (Å²) >= 11 is 1.64. The fraction of sp³-hybridized carbons (Fsp3) is 0.350. The first-order chi connectivity index (χ1) is 12.2. The molecule has 3 atom stereocenters. The monoisotopic (exact) mass is 354 g/mol. The summed E-state index contributed by atoms with van der Waals surface area (Å²) in [6.45, 7) is 1.10. The summed E-state index contributed by atoms with van der Waals surface area (Å²) in [5, 5.41) is 6.67. The lowest BCUT2D eigenvalue weighted by Crippen LogP contribution is -2.47. The molecule has 1 aliphatic heterocycles. The van der Waals surface area contributed by atoms with Gasteiger partial charge in [-0.05, 0) is 61.7 Å². The average Bonchev–Trinajstić information content (AvgIpc) is 3.26. The second kappa shape index (κ2) is 7.10. The highest BCUT2D eigenvalue weighted by atomic mass is 32.2. The molecule has 2 aromatic carbocycles. The zero-order chi connectivity index (χ0) is 17.2. The molecular weight excluding hydrogens is 332 g/mol. The third-order valence-electron chi connectivity index (χ3n) is 5.06. The zero-order valence-electron chi connectivity index (χ0n) is 14.2. The molecule has 130 valence electrons. The third kappa shape index (κ3) is 3.53. The molecule has 1 saturated carbocycles. The number of carbonyl (C=O) groups excluding carboxylic acids is 1. The molecule has 1 amide bonds.